The van der Waals surface area contributed by atoms with Gasteiger partial charge in [-0.1, -0.05) is 0 Å². The molecule has 1 amide bonds. The highest BCUT2D eigenvalue weighted by Crippen LogP contribution is 2.27. The van der Waals surface area contributed by atoms with Gasteiger partial charge in [-0.3, -0.25) is 9.78 Å². The molecule has 0 aliphatic carbocycles. The molecule has 2 aromatic rings. The summed E-state index contributed by atoms with van der Waals surface area (Å²) in [6.07, 6.45) is 2.97. The second-order valence-corrected chi connectivity index (χ2v) is 3.52. The molecular formula is C12H10FN3O2. The summed E-state index contributed by atoms with van der Waals surface area (Å²) in [7, 11) is 0. The molecule has 4 N–H and O–H groups in total. The highest BCUT2D eigenvalue weighted by molar-refractivity contribution is 5.98. The van der Waals surface area contributed by atoms with Crippen molar-refractivity contribution in [3.05, 3.63) is 48.0 Å². The van der Waals surface area contributed by atoms with E-state index in [2.05, 4.69) is 4.98 Å². The van der Waals surface area contributed by atoms with Crippen LogP contribution in [-0.2, 0) is 0 Å². The summed E-state index contributed by atoms with van der Waals surface area (Å²) in [6, 6.07) is 5.40. The van der Waals surface area contributed by atoms with Crippen molar-refractivity contribution in [2.24, 2.45) is 5.73 Å². The number of nitrogens with two attached hydrogens (primary N) is 2. The lowest BCUT2D eigenvalue weighted by Crippen LogP contribution is -2.14. The molecule has 1 aromatic carbocycles. The number of benzene rings is 1. The number of anilines is 1. The van der Waals surface area contributed by atoms with Crippen LogP contribution in [0.15, 0.2) is 36.7 Å². The quantitative estimate of drug-likeness (QED) is 0.807. The molecule has 0 unspecified atom stereocenters. The second-order valence-electron chi connectivity index (χ2n) is 3.52. The molecule has 0 bridgehead atoms. The molecule has 1 heterocycles. The van der Waals surface area contributed by atoms with Gasteiger partial charge in [0.15, 0.2) is 11.6 Å². The van der Waals surface area contributed by atoms with Crippen LogP contribution in [-0.4, -0.2) is 10.9 Å². The normalized spacial score (nSPS) is 10.1. The molecule has 0 radical (unpaired) electrons. The third-order valence-corrected chi connectivity index (χ3v) is 2.23. The number of carbonyl (C=O) groups is 1. The summed E-state index contributed by atoms with van der Waals surface area (Å²) in [4.78, 5) is 14.9. The van der Waals surface area contributed by atoms with Crippen LogP contribution < -0.4 is 16.2 Å². The summed E-state index contributed by atoms with van der Waals surface area (Å²) in [6.45, 7) is 0. The van der Waals surface area contributed by atoms with Crippen LogP contribution >= 0.6 is 0 Å². The van der Waals surface area contributed by atoms with Gasteiger partial charge in [-0.05, 0) is 18.2 Å². The summed E-state index contributed by atoms with van der Waals surface area (Å²) in [5.74, 6) is -1.22. The molecule has 2 rings (SSSR count). The molecule has 0 saturated heterocycles. The number of nitrogen functional groups attached to an aromatic ring is 1. The minimum Gasteiger partial charge on any atom is -0.453 e. The van der Waals surface area contributed by atoms with Gasteiger partial charge in [-0.2, -0.15) is 0 Å². The fourth-order valence-corrected chi connectivity index (χ4v) is 1.39. The Balaban J connectivity index is 2.39. The van der Waals surface area contributed by atoms with E-state index in [-0.39, 0.29) is 17.0 Å². The SMILES string of the molecule is NC(=O)c1cc(Oc2cccnc2)c(F)cc1N. The van der Waals surface area contributed by atoms with Gasteiger partial charge < -0.3 is 16.2 Å². The Morgan fingerprint density at radius 3 is 2.78 bits per heavy atom. The van der Waals surface area contributed by atoms with Gasteiger partial charge >= 0.3 is 0 Å². The van der Waals surface area contributed by atoms with Crippen molar-refractivity contribution in [2.75, 3.05) is 5.73 Å². The zero-order valence-corrected chi connectivity index (χ0v) is 9.26. The van der Waals surface area contributed by atoms with Crippen molar-refractivity contribution < 1.29 is 13.9 Å². The third kappa shape index (κ3) is 2.37. The van der Waals surface area contributed by atoms with E-state index in [0.717, 1.165) is 6.07 Å². The highest BCUT2D eigenvalue weighted by atomic mass is 19.1. The summed E-state index contributed by atoms with van der Waals surface area (Å²) in [5, 5.41) is 0. The van der Waals surface area contributed by atoms with E-state index < -0.39 is 11.7 Å². The van der Waals surface area contributed by atoms with E-state index in [1.165, 1.54) is 12.3 Å². The fraction of sp³-hybridized carbons (Fsp3) is 0. The second kappa shape index (κ2) is 4.70. The topological polar surface area (TPSA) is 91.2 Å². The van der Waals surface area contributed by atoms with Crippen LogP contribution in [0.2, 0.25) is 0 Å². The Kier molecular flexibility index (Phi) is 3.09. The average Bonchev–Trinajstić information content (AvgIpc) is 2.33. The number of carbonyl (C=O) groups excluding carboxylic acids is 1. The maximum atomic E-state index is 13.6. The maximum Gasteiger partial charge on any atom is 0.250 e. The van der Waals surface area contributed by atoms with Crippen molar-refractivity contribution in [1.29, 1.82) is 0 Å². The Bertz CT molecular complexity index is 587. The van der Waals surface area contributed by atoms with Crippen LogP contribution in [0.5, 0.6) is 11.5 Å². The van der Waals surface area contributed by atoms with E-state index >= 15 is 0 Å². The van der Waals surface area contributed by atoms with Crippen LogP contribution in [0.4, 0.5) is 10.1 Å². The number of pyridine rings is 1. The predicted molar refractivity (Wildman–Crippen MR) is 63.6 cm³/mol. The minimum absolute atomic E-state index is 0.00953. The smallest absolute Gasteiger partial charge is 0.250 e. The fourth-order valence-electron chi connectivity index (χ4n) is 1.39. The zero-order chi connectivity index (χ0) is 13.1. The van der Waals surface area contributed by atoms with Gasteiger partial charge in [0.2, 0.25) is 0 Å². The first kappa shape index (κ1) is 11.8. The summed E-state index contributed by atoms with van der Waals surface area (Å²) >= 11 is 0. The Morgan fingerprint density at radius 1 is 1.39 bits per heavy atom. The first-order valence-electron chi connectivity index (χ1n) is 5.04. The van der Waals surface area contributed by atoms with Gasteiger partial charge in [0.25, 0.3) is 5.91 Å². The van der Waals surface area contributed by atoms with Crippen molar-refractivity contribution in [1.82, 2.24) is 4.98 Å². The molecule has 92 valence electrons. The number of halogens is 1. The lowest BCUT2D eigenvalue weighted by molar-refractivity contribution is 0.100. The van der Waals surface area contributed by atoms with Crippen molar-refractivity contribution >= 4 is 11.6 Å². The number of hydrogen-bond acceptors (Lipinski definition) is 4. The van der Waals surface area contributed by atoms with Gasteiger partial charge in [0.05, 0.1) is 11.8 Å². The summed E-state index contributed by atoms with van der Waals surface area (Å²) in [5.41, 5.74) is 10.6. The Labute approximate surface area is 102 Å². The minimum atomic E-state index is -0.747. The number of nitrogens with zero attached hydrogens (tertiary/aromatic N) is 1. The van der Waals surface area contributed by atoms with Gasteiger partial charge in [-0.25, -0.2) is 4.39 Å². The van der Waals surface area contributed by atoms with E-state index in [1.807, 2.05) is 0 Å². The first-order valence-corrected chi connectivity index (χ1v) is 5.04. The number of ether oxygens (including phenoxy) is 1. The molecule has 0 spiro atoms. The molecule has 0 fully saturated rings. The first-order chi connectivity index (χ1) is 8.58. The average molecular weight is 247 g/mol. The maximum absolute atomic E-state index is 13.6. The molecule has 0 aliphatic rings. The number of rotatable bonds is 3. The van der Waals surface area contributed by atoms with Gasteiger partial charge in [0.1, 0.15) is 5.75 Å². The van der Waals surface area contributed by atoms with Crippen molar-refractivity contribution in [3.63, 3.8) is 0 Å². The molecule has 0 aliphatic heterocycles. The summed E-state index contributed by atoms with van der Waals surface area (Å²) < 4.78 is 18.9. The number of aromatic nitrogens is 1. The molecule has 0 atom stereocenters. The van der Waals surface area contributed by atoms with E-state index in [1.54, 1.807) is 18.3 Å². The monoisotopic (exact) mass is 247 g/mol. The standard InChI is InChI=1S/C12H10FN3O2/c13-9-5-10(14)8(12(15)17)4-11(9)18-7-2-1-3-16-6-7/h1-6H,14H2,(H2,15,17). The van der Waals surface area contributed by atoms with Crippen LogP contribution in [0.25, 0.3) is 0 Å². The van der Waals surface area contributed by atoms with Crippen LogP contribution in [0.1, 0.15) is 10.4 Å². The largest absolute Gasteiger partial charge is 0.453 e. The highest BCUT2D eigenvalue weighted by Gasteiger charge is 2.13. The molecule has 0 saturated carbocycles. The van der Waals surface area contributed by atoms with Crippen LogP contribution in [0.3, 0.4) is 0 Å². The van der Waals surface area contributed by atoms with Crippen molar-refractivity contribution in [3.8, 4) is 11.5 Å². The zero-order valence-electron chi connectivity index (χ0n) is 9.26. The van der Waals surface area contributed by atoms with Crippen LogP contribution in [0, 0.1) is 5.82 Å². The third-order valence-electron chi connectivity index (χ3n) is 2.23. The Hall–Kier alpha value is -2.63. The molecule has 1 aromatic heterocycles. The lowest BCUT2D eigenvalue weighted by Gasteiger charge is -2.09. The van der Waals surface area contributed by atoms with Crippen molar-refractivity contribution in [2.45, 2.75) is 0 Å². The van der Waals surface area contributed by atoms with Gasteiger partial charge in [-0.15, -0.1) is 0 Å². The number of primary amides is 1. The number of amides is 1. The predicted octanol–water partition coefficient (Wildman–Crippen LogP) is 1.69. The van der Waals surface area contributed by atoms with E-state index in [9.17, 15) is 9.18 Å². The number of hydrogen-bond donors (Lipinski definition) is 2. The van der Waals surface area contributed by atoms with E-state index in [4.69, 9.17) is 16.2 Å². The molecule has 18 heavy (non-hydrogen) atoms. The molecule has 6 heteroatoms. The molecule has 5 nitrogen and oxygen atoms in total. The van der Waals surface area contributed by atoms with Gasteiger partial charge in [0, 0.05) is 18.0 Å². The molecular weight excluding hydrogens is 237 g/mol. The Morgan fingerprint density at radius 2 is 2.17 bits per heavy atom. The lowest BCUT2D eigenvalue weighted by atomic mass is 10.1. The van der Waals surface area contributed by atoms with E-state index in [0.29, 0.717) is 5.75 Å².